The molecule has 0 fully saturated rings. The zero-order chi connectivity index (χ0) is 11.4. The highest BCUT2D eigenvalue weighted by molar-refractivity contribution is 6.31. The van der Waals surface area contributed by atoms with Crippen molar-refractivity contribution in [1.29, 1.82) is 0 Å². The minimum Gasteiger partial charge on any atom is -0.428 e. The fourth-order valence-corrected chi connectivity index (χ4v) is 1.14. The van der Waals surface area contributed by atoms with Crippen molar-refractivity contribution in [1.82, 2.24) is 9.97 Å². The number of halogens is 3. The quantitative estimate of drug-likeness (QED) is 0.782. The lowest BCUT2D eigenvalue weighted by Crippen LogP contribution is -2.10. The van der Waals surface area contributed by atoms with Gasteiger partial charge in [0.15, 0.2) is 11.0 Å². The first-order chi connectivity index (χ1) is 7.04. The van der Waals surface area contributed by atoms with Crippen LogP contribution in [0.5, 0.6) is 5.75 Å². The first-order valence-electron chi connectivity index (χ1n) is 4.06. The van der Waals surface area contributed by atoms with Crippen LogP contribution in [-0.2, 0) is 0 Å². The van der Waals surface area contributed by atoms with Crippen LogP contribution in [0.3, 0.4) is 0 Å². The Balaban J connectivity index is 3.08. The summed E-state index contributed by atoms with van der Waals surface area (Å²) >= 11 is 5.59. The Morgan fingerprint density at radius 2 is 2.20 bits per heavy atom. The molecule has 0 radical (unpaired) electrons. The maximum Gasteiger partial charge on any atom is 0.387 e. The Bertz CT molecular complexity index is 350. The van der Waals surface area contributed by atoms with Crippen molar-refractivity contribution in [2.24, 2.45) is 0 Å². The maximum atomic E-state index is 12.0. The summed E-state index contributed by atoms with van der Waals surface area (Å²) in [6.45, 7) is -0.766. The summed E-state index contributed by atoms with van der Waals surface area (Å²) in [7, 11) is 0. The van der Waals surface area contributed by atoms with Gasteiger partial charge in [0.25, 0.3) is 0 Å². The Labute approximate surface area is 89.6 Å². The molecular formula is C7H9ClF2N4O. The molecule has 0 saturated heterocycles. The summed E-state index contributed by atoms with van der Waals surface area (Å²) in [5.74, 6) is -0.365. The minimum atomic E-state index is -2.99. The van der Waals surface area contributed by atoms with Crippen molar-refractivity contribution >= 4 is 23.4 Å². The van der Waals surface area contributed by atoms with E-state index in [9.17, 15) is 8.78 Å². The predicted molar refractivity (Wildman–Crippen MR) is 52.3 cm³/mol. The molecular weight excluding hydrogens is 230 g/mol. The summed E-state index contributed by atoms with van der Waals surface area (Å²) in [5, 5.41) is 2.44. The maximum absolute atomic E-state index is 12.0. The average Bonchev–Trinajstić information content (AvgIpc) is 2.11. The second-order valence-corrected chi connectivity index (χ2v) is 2.82. The molecule has 8 heteroatoms. The second kappa shape index (κ2) is 4.92. The summed E-state index contributed by atoms with van der Waals surface area (Å²) in [6, 6.07) is 0. The van der Waals surface area contributed by atoms with Crippen molar-refractivity contribution in [3.63, 3.8) is 0 Å². The summed E-state index contributed by atoms with van der Waals surface area (Å²) < 4.78 is 28.2. The molecule has 0 bridgehead atoms. The number of nitrogens with two attached hydrogens (primary N) is 1. The largest absolute Gasteiger partial charge is 0.428 e. The number of nitrogen functional groups attached to an aromatic ring is 1. The van der Waals surface area contributed by atoms with Gasteiger partial charge in [0, 0.05) is 6.54 Å². The molecule has 0 spiro atoms. The topological polar surface area (TPSA) is 73.1 Å². The number of aromatic nitrogens is 2. The Morgan fingerprint density at radius 1 is 1.53 bits per heavy atom. The van der Waals surface area contributed by atoms with E-state index in [1.165, 1.54) is 0 Å². The molecule has 1 rings (SSSR count). The summed E-state index contributed by atoms with van der Waals surface area (Å²) in [6.07, 6.45) is 0. The number of hydrogen-bond acceptors (Lipinski definition) is 5. The number of alkyl halides is 2. The van der Waals surface area contributed by atoms with Crippen LogP contribution in [0, 0.1) is 0 Å². The smallest absolute Gasteiger partial charge is 0.387 e. The van der Waals surface area contributed by atoms with Crippen molar-refractivity contribution in [2.45, 2.75) is 13.5 Å². The van der Waals surface area contributed by atoms with Gasteiger partial charge in [-0.15, -0.1) is 0 Å². The van der Waals surface area contributed by atoms with Gasteiger partial charge in [0.05, 0.1) is 0 Å². The molecule has 84 valence electrons. The number of rotatable bonds is 4. The number of nitrogens with one attached hydrogen (secondary N) is 1. The van der Waals surface area contributed by atoms with Crippen LogP contribution in [0.15, 0.2) is 0 Å². The van der Waals surface area contributed by atoms with Crippen molar-refractivity contribution in [3.8, 4) is 5.75 Å². The Hall–Kier alpha value is -1.37. The van der Waals surface area contributed by atoms with Crippen LogP contribution < -0.4 is 15.8 Å². The second-order valence-electron chi connectivity index (χ2n) is 2.46. The van der Waals surface area contributed by atoms with Crippen LogP contribution >= 0.6 is 11.6 Å². The van der Waals surface area contributed by atoms with Crippen LogP contribution in [-0.4, -0.2) is 23.1 Å². The van der Waals surface area contributed by atoms with Gasteiger partial charge in [0.2, 0.25) is 11.7 Å². The molecule has 0 atom stereocenters. The number of nitrogens with zero attached hydrogens (tertiary/aromatic N) is 2. The van der Waals surface area contributed by atoms with E-state index in [1.54, 1.807) is 6.92 Å². The highest BCUT2D eigenvalue weighted by atomic mass is 35.5. The third-order valence-electron chi connectivity index (χ3n) is 1.39. The molecule has 5 nitrogen and oxygen atoms in total. The van der Waals surface area contributed by atoms with Crippen LogP contribution in [0.4, 0.5) is 20.5 Å². The van der Waals surface area contributed by atoms with Gasteiger partial charge in [-0.1, -0.05) is 11.6 Å². The Morgan fingerprint density at radius 3 is 2.73 bits per heavy atom. The molecule has 0 aliphatic heterocycles. The fourth-order valence-electron chi connectivity index (χ4n) is 0.920. The number of hydrogen-bond donors (Lipinski definition) is 2. The fraction of sp³-hybridized carbons (Fsp3) is 0.429. The molecule has 0 saturated carbocycles. The molecule has 15 heavy (non-hydrogen) atoms. The third kappa shape index (κ3) is 3.05. The lowest BCUT2D eigenvalue weighted by Gasteiger charge is -2.11. The lowest BCUT2D eigenvalue weighted by atomic mass is 10.5. The first-order valence-corrected chi connectivity index (χ1v) is 4.44. The monoisotopic (exact) mass is 238 g/mol. The van der Waals surface area contributed by atoms with Gasteiger partial charge < -0.3 is 15.8 Å². The molecule has 1 aromatic heterocycles. The minimum absolute atomic E-state index is 0.0512. The van der Waals surface area contributed by atoms with Crippen molar-refractivity contribution in [2.75, 3.05) is 17.6 Å². The highest BCUT2D eigenvalue weighted by Crippen LogP contribution is 2.31. The standard InChI is InChI=1S/C7H9ClF2N4O/c1-2-12-5-3(15-6(9)10)4(8)13-7(11)14-5/h6H,2H2,1H3,(H3,11,12,13,14). The van der Waals surface area contributed by atoms with Crippen molar-refractivity contribution in [3.05, 3.63) is 5.15 Å². The number of ether oxygens (including phenoxy) is 1. The van der Waals surface area contributed by atoms with Gasteiger partial charge in [0.1, 0.15) is 0 Å². The molecule has 0 aromatic carbocycles. The molecule has 3 N–H and O–H groups in total. The lowest BCUT2D eigenvalue weighted by molar-refractivity contribution is -0.0497. The van der Waals surface area contributed by atoms with Crippen LogP contribution in [0.2, 0.25) is 5.15 Å². The number of anilines is 2. The summed E-state index contributed by atoms with van der Waals surface area (Å²) in [4.78, 5) is 7.19. The normalized spacial score (nSPS) is 10.5. The van der Waals surface area contributed by atoms with E-state index in [4.69, 9.17) is 17.3 Å². The first kappa shape index (κ1) is 11.7. The molecule has 0 amide bonds. The molecule has 1 aromatic rings. The van der Waals surface area contributed by atoms with E-state index in [1.807, 2.05) is 0 Å². The van der Waals surface area contributed by atoms with Gasteiger partial charge in [-0.3, -0.25) is 0 Å². The molecule has 1 heterocycles. The predicted octanol–water partition coefficient (Wildman–Crippen LogP) is 1.75. The van der Waals surface area contributed by atoms with E-state index in [0.717, 1.165) is 0 Å². The molecule has 0 aliphatic carbocycles. The van der Waals surface area contributed by atoms with E-state index in [-0.39, 0.29) is 22.7 Å². The zero-order valence-corrected chi connectivity index (χ0v) is 8.55. The SMILES string of the molecule is CCNc1nc(N)nc(Cl)c1OC(F)F. The van der Waals surface area contributed by atoms with E-state index in [2.05, 4.69) is 20.0 Å². The zero-order valence-electron chi connectivity index (χ0n) is 7.80. The van der Waals surface area contributed by atoms with E-state index in [0.29, 0.717) is 6.54 Å². The van der Waals surface area contributed by atoms with Gasteiger partial charge >= 0.3 is 6.61 Å². The molecule has 0 unspecified atom stereocenters. The Kier molecular flexibility index (Phi) is 3.84. The van der Waals surface area contributed by atoms with E-state index < -0.39 is 6.61 Å². The van der Waals surface area contributed by atoms with Gasteiger partial charge in [-0.25, -0.2) is 0 Å². The highest BCUT2D eigenvalue weighted by Gasteiger charge is 2.16. The van der Waals surface area contributed by atoms with Crippen LogP contribution in [0.1, 0.15) is 6.92 Å². The van der Waals surface area contributed by atoms with Gasteiger partial charge in [-0.2, -0.15) is 18.7 Å². The van der Waals surface area contributed by atoms with E-state index >= 15 is 0 Å². The van der Waals surface area contributed by atoms with Crippen molar-refractivity contribution < 1.29 is 13.5 Å². The van der Waals surface area contributed by atoms with Crippen LogP contribution in [0.25, 0.3) is 0 Å². The van der Waals surface area contributed by atoms with Gasteiger partial charge in [-0.05, 0) is 6.92 Å². The average molecular weight is 239 g/mol. The summed E-state index contributed by atoms with van der Waals surface area (Å²) in [5.41, 5.74) is 5.30. The molecule has 0 aliphatic rings. The third-order valence-corrected chi connectivity index (χ3v) is 1.65.